The highest BCUT2D eigenvalue weighted by Crippen LogP contribution is 2.27. The van der Waals surface area contributed by atoms with Gasteiger partial charge in [0.2, 0.25) is 0 Å². The van der Waals surface area contributed by atoms with Gasteiger partial charge in [0.05, 0.1) is 6.07 Å². The first-order valence-corrected chi connectivity index (χ1v) is 10.4. The van der Waals surface area contributed by atoms with Gasteiger partial charge in [-0.25, -0.2) is 0 Å². The molecule has 0 unspecified atom stereocenters. The van der Waals surface area contributed by atoms with Crippen LogP contribution in [-0.2, 0) is 25.7 Å². The van der Waals surface area contributed by atoms with Crippen molar-refractivity contribution < 1.29 is 0 Å². The second kappa shape index (κ2) is 8.59. The molecule has 0 saturated carbocycles. The van der Waals surface area contributed by atoms with Gasteiger partial charge in [-0.05, 0) is 67.0 Å². The van der Waals surface area contributed by atoms with Crippen molar-refractivity contribution in [1.29, 1.82) is 5.26 Å². The van der Waals surface area contributed by atoms with Gasteiger partial charge in [-0.2, -0.15) is 5.26 Å². The van der Waals surface area contributed by atoms with Gasteiger partial charge in [0.1, 0.15) is 0 Å². The number of unbranched alkanes of at least 4 members (excludes halogenated alkanes) is 1. The molecule has 0 amide bonds. The molecule has 1 aliphatic heterocycles. The van der Waals surface area contributed by atoms with Crippen LogP contribution in [0.4, 0.5) is 5.69 Å². The number of nitriles is 1. The third kappa shape index (κ3) is 4.51. The molecule has 0 N–H and O–H groups in total. The van der Waals surface area contributed by atoms with E-state index in [0.29, 0.717) is 6.42 Å². The van der Waals surface area contributed by atoms with Crippen molar-refractivity contribution in [3.8, 4) is 6.07 Å². The number of benzene rings is 2. The van der Waals surface area contributed by atoms with Crippen molar-refractivity contribution in [2.45, 2.75) is 38.5 Å². The molecule has 27 heavy (non-hydrogen) atoms. The maximum Gasteiger partial charge on any atom is 0.0622 e. The molecule has 4 aliphatic carbocycles. The highest BCUT2D eigenvalue weighted by molar-refractivity contribution is 5.56. The number of hydrogen-bond acceptors (Lipinski definition) is 3. The highest BCUT2D eigenvalue weighted by atomic mass is 15.3. The van der Waals surface area contributed by atoms with E-state index in [1.165, 1.54) is 27.9 Å². The number of rotatable bonds is 4. The topological polar surface area (TPSA) is 30.3 Å². The molecule has 0 atom stereocenters. The SMILES string of the molecule is N#CCCCN1CCN(c2cc3ccc2CCc2ccc(cc2)CC3)CC1. The zero-order valence-corrected chi connectivity index (χ0v) is 16.2. The summed E-state index contributed by atoms with van der Waals surface area (Å²) in [6.07, 6.45) is 6.12. The predicted octanol–water partition coefficient (Wildman–Crippen LogP) is 4.00. The second-order valence-electron chi connectivity index (χ2n) is 7.87. The van der Waals surface area contributed by atoms with E-state index in [1.807, 2.05) is 0 Å². The van der Waals surface area contributed by atoms with E-state index in [-0.39, 0.29) is 0 Å². The van der Waals surface area contributed by atoms with Crippen LogP contribution < -0.4 is 4.90 Å². The molecule has 3 heteroatoms. The van der Waals surface area contributed by atoms with E-state index in [4.69, 9.17) is 5.26 Å². The molecule has 0 aromatic heterocycles. The van der Waals surface area contributed by atoms with Crippen LogP contribution in [-0.4, -0.2) is 37.6 Å². The Morgan fingerprint density at radius 2 is 1.41 bits per heavy atom. The molecule has 7 rings (SSSR count). The van der Waals surface area contributed by atoms with Crippen LogP contribution in [0.2, 0.25) is 0 Å². The van der Waals surface area contributed by atoms with Gasteiger partial charge in [0.25, 0.3) is 0 Å². The largest absolute Gasteiger partial charge is 0.369 e. The monoisotopic (exact) mass is 359 g/mol. The zero-order valence-electron chi connectivity index (χ0n) is 16.2. The van der Waals surface area contributed by atoms with Crippen molar-refractivity contribution in [1.82, 2.24) is 4.90 Å². The fraction of sp³-hybridized carbons (Fsp3) is 0.458. The highest BCUT2D eigenvalue weighted by Gasteiger charge is 2.19. The maximum absolute atomic E-state index is 8.73. The van der Waals surface area contributed by atoms with Gasteiger partial charge < -0.3 is 4.90 Å². The molecule has 1 saturated heterocycles. The fourth-order valence-electron chi connectivity index (χ4n) is 4.31. The molecular formula is C24H29N3. The van der Waals surface area contributed by atoms with Gasteiger partial charge in [0, 0.05) is 38.3 Å². The van der Waals surface area contributed by atoms with Crippen molar-refractivity contribution >= 4 is 5.69 Å². The average Bonchev–Trinajstić information content (AvgIpc) is 2.71. The Labute approximate surface area is 163 Å². The van der Waals surface area contributed by atoms with Crippen molar-refractivity contribution in [3.05, 3.63) is 64.7 Å². The Hall–Kier alpha value is -2.31. The van der Waals surface area contributed by atoms with Crippen LogP contribution in [0.15, 0.2) is 42.5 Å². The summed E-state index contributed by atoms with van der Waals surface area (Å²) in [7, 11) is 0. The molecule has 3 nitrogen and oxygen atoms in total. The minimum atomic E-state index is 0.674. The van der Waals surface area contributed by atoms with E-state index >= 15 is 0 Å². The quantitative estimate of drug-likeness (QED) is 0.773. The van der Waals surface area contributed by atoms with Crippen LogP contribution in [0.3, 0.4) is 0 Å². The molecule has 4 bridgehead atoms. The van der Waals surface area contributed by atoms with Gasteiger partial charge in [-0.1, -0.05) is 36.4 Å². The predicted molar refractivity (Wildman–Crippen MR) is 111 cm³/mol. The van der Waals surface area contributed by atoms with E-state index in [2.05, 4.69) is 58.3 Å². The summed E-state index contributed by atoms with van der Waals surface area (Å²) < 4.78 is 0. The lowest BCUT2D eigenvalue weighted by Gasteiger charge is -2.37. The standard InChI is InChI=1S/C24H29N3/c25-13-1-2-14-26-15-17-27(18-16-26)24-19-22-8-7-20-3-5-21(6-4-20)9-11-23(24)12-10-22/h3-6,10,12,19H,1-2,7-9,11,14-18H2. The van der Waals surface area contributed by atoms with E-state index in [9.17, 15) is 0 Å². The first-order valence-electron chi connectivity index (χ1n) is 10.4. The van der Waals surface area contributed by atoms with Crippen LogP contribution in [0.1, 0.15) is 35.1 Å². The van der Waals surface area contributed by atoms with Crippen molar-refractivity contribution in [2.24, 2.45) is 0 Å². The summed E-state index contributed by atoms with van der Waals surface area (Å²) in [6.45, 7) is 5.46. The third-order valence-corrected chi connectivity index (χ3v) is 6.03. The summed E-state index contributed by atoms with van der Waals surface area (Å²) in [6, 6.07) is 18.6. The number of nitrogens with zero attached hydrogens (tertiary/aromatic N) is 3. The smallest absolute Gasteiger partial charge is 0.0622 e. The number of piperazine rings is 1. The van der Waals surface area contributed by atoms with E-state index in [1.54, 1.807) is 0 Å². The van der Waals surface area contributed by atoms with Gasteiger partial charge in [0.15, 0.2) is 0 Å². The number of hydrogen-bond donors (Lipinski definition) is 0. The van der Waals surface area contributed by atoms with Crippen LogP contribution >= 0.6 is 0 Å². The number of anilines is 1. The lowest BCUT2D eigenvalue weighted by Crippen LogP contribution is -2.47. The molecule has 2 aromatic carbocycles. The lowest BCUT2D eigenvalue weighted by atomic mass is 9.95. The van der Waals surface area contributed by atoms with Crippen LogP contribution in [0.25, 0.3) is 0 Å². The Kier molecular flexibility index (Phi) is 5.75. The summed E-state index contributed by atoms with van der Waals surface area (Å²) in [5.41, 5.74) is 7.28. The minimum absolute atomic E-state index is 0.674. The first-order chi connectivity index (χ1) is 13.3. The first kappa shape index (κ1) is 18.1. The zero-order chi connectivity index (χ0) is 18.5. The van der Waals surface area contributed by atoms with Crippen molar-refractivity contribution in [2.75, 3.05) is 37.6 Å². The normalized spacial score (nSPS) is 17.4. The fourth-order valence-corrected chi connectivity index (χ4v) is 4.31. The van der Waals surface area contributed by atoms with E-state index < -0.39 is 0 Å². The Morgan fingerprint density at radius 1 is 0.778 bits per heavy atom. The minimum Gasteiger partial charge on any atom is -0.369 e. The van der Waals surface area contributed by atoms with Crippen LogP contribution in [0.5, 0.6) is 0 Å². The third-order valence-electron chi connectivity index (χ3n) is 6.03. The molecule has 5 aliphatic rings. The average molecular weight is 360 g/mol. The summed E-state index contributed by atoms with van der Waals surface area (Å²) >= 11 is 0. The molecule has 1 fully saturated rings. The Morgan fingerprint density at radius 3 is 2.11 bits per heavy atom. The molecule has 1 heterocycles. The Balaban J connectivity index is 1.48. The van der Waals surface area contributed by atoms with Crippen molar-refractivity contribution in [3.63, 3.8) is 0 Å². The number of aryl methyl sites for hydroxylation is 4. The molecule has 0 spiro atoms. The maximum atomic E-state index is 8.73. The summed E-state index contributed by atoms with van der Waals surface area (Å²) in [5, 5.41) is 8.73. The van der Waals surface area contributed by atoms with E-state index in [0.717, 1.165) is 64.8 Å². The lowest BCUT2D eigenvalue weighted by molar-refractivity contribution is 0.256. The summed E-state index contributed by atoms with van der Waals surface area (Å²) in [4.78, 5) is 5.10. The molecule has 140 valence electrons. The summed E-state index contributed by atoms with van der Waals surface area (Å²) in [5.74, 6) is 0. The molecule has 2 aromatic rings. The second-order valence-corrected chi connectivity index (χ2v) is 7.87. The Bertz CT molecular complexity index is 795. The molecule has 0 radical (unpaired) electrons. The van der Waals surface area contributed by atoms with Gasteiger partial charge in [-0.15, -0.1) is 0 Å². The van der Waals surface area contributed by atoms with Gasteiger partial charge >= 0.3 is 0 Å². The van der Waals surface area contributed by atoms with Crippen LogP contribution in [0, 0.1) is 11.3 Å². The van der Waals surface area contributed by atoms with Gasteiger partial charge in [-0.3, -0.25) is 4.90 Å². The molecular weight excluding hydrogens is 330 g/mol.